The standard InChI is InChI=1S/C7H4N4O4/c8-4-5-1-2-6(9-11(14)15)7(3-5)10(12)13/h1-3,9H. The molecule has 0 saturated heterocycles. The van der Waals surface area contributed by atoms with Gasteiger partial charge in [0.25, 0.3) is 5.69 Å². The molecule has 0 spiro atoms. The van der Waals surface area contributed by atoms with E-state index >= 15 is 0 Å². The first-order chi connectivity index (χ1) is 7.04. The largest absolute Gasteiger partial charge is 0.299 e. The minimum Gasteiger partial charge on any atom is -0.258 e. The van der Waals surface area contributed by atoms with Crippen LogP contribution in [0.25, 0.3) is 0 Å². The van der Waals surface area contributed by atoms with E-state index in [1.165, 1.54) is 6.07 Å². The number of rotatable bonds is 3. The van der Waals surface area contributed by atoms with Crippen molar-refractivity contribution in [2.45, 2.75) is 0 Å². The van der Waals surface area contributed by atoms with Crippen molar-refractivity contribution in [2.75, 3.05) is 5.43 Å². The quantitative estimate of drug-likeness (QED) is 0.585. The fourth-order valence-electron chi connectivity index (χ4n) is 0.945. The Kier molecular flexibility index (Phi) is 2.78. The maximum absolute atomic E-state index is 10.5. The molecule has 0 aromatic heterocycles. The number of nitrogens with one attached hydrogen (secondary N) is 1. The van der Waals surface area contributed by atoms with Gasteiger partial charge in [0.1, 0.15) is 0 Å². The molecule has 0 saturated carbocycles. The maximum atomic E-state index is 10.5. The molecule has 1 N–H and O–H groups in total. The first-order valence-electron chi connectivity index (χ1n) is 3.64. The SMILES string of the molecule is N#Cc1ccc(N[N+](=O)[O-])c([N+](=O)[O-])c1. The summed E-state index contributed by atoms with van der Waals surface area (Å²) in [6, 6.07) is 5.02. The number of nitro benzene ring substituents is 1. The summed E-state index contributed by atoms with van der Waals surface area (Å²) in [5.41, 5.74) is 0.974. The van der Waals surface area contributed by atoms with Crippen LogP contribution in [-0.2, 0) is 0 Å². The molecule has 0 aliphatic heterocycles. The summed E-state index contributed by atoms with van der Waals surface area (Å²) < 4.78 is 0. The van der Waals surface area contributed by atoms with Crippen molar-refractivity contribution in [1.82, 2.24) is 0 Å². The lowest BCUT2D eigenvalue weighted by Crippen LogP contribution is -2.09. The van der Waals surface area contributed by atoms with Crippen LogP contribution in [0.15, 0.2) is 18.2 Å². The van der Waals surface area contributed by atoms with E-state index in [2.05, 4.69) is 0 Å². The van der Waals surface area contributed by atoms with Gasteiger partial charge in [0.05, 0.1) is 16.6 Å². The second-order valence-corrected chi connectivity index (χ2v) is 2.47. The second-order valence-electron chi connectivity index (χ2n) is 2.47. The molecule has 76 valence electrons. The van der Waals surface area contributed by atoms with Crippen LogP contribution in [0, 0.1) is 31.6 Å². The van der Waals surface area contributed by atoms with E-state index in [9.17, 15) is 20.2 Å². The lowest BCUT2D eigenvalue weighted by Gasteiger charge is -1.99. The van der Waals surface area contributed by atoms with Crippen molar-refractivity contribution in [3.8, 4) is 6.07 Å². The normalized spacial score (nSPS) is 9.00. The zero-order valence-electron chi connectivity index (χ0n) is 7.21. The minimum atomic E-state index is -0.908. The summed E-state index contributed by atoms with van der Waals surface area (Å²) in [6.07, 6.45) is 0. The van der Waals surface area contributed by atoms with Crippen LogP contribution >= 0.6 is 0 Å². The highest BCUT2D eigenvalue weighted by molar-refractivity contribution is 5.62. The van der Waals surface area contributed by atoms with Crippen LogP contribution in [0.4, 0.5) is 11.4 Å². The Bertz CT molecular complexity index is 465. The fourth-order valence-corrected chi connectivity index (χ4v) is 0.945. The summed E-state index contributed by atoms with van der Waals surface area (Å²) in [6.45, 7) is 0. The van der Waals surface area contributed by atoms with Crippen molar-refractivity contribution in [1.29, 1.82) is 5.26 Å². The van der Waals surface area contributed by atoms with Crippen LogP contribution in [0.2, 0.25) is 0 Å². The molecule has 0 atom stereocenters. The molecule has 0 aliphatic rings. The van der Waals surface area contributed by atoms with Gasteiger partial charge >= 0.3 is 0 Å². The number of nitrogens with zero attached hydrogens (tertiary/aromatic N) is 3. The lowest BCUT2D eigenvalue weighted by molar-refractivity contribution is -0.447. The van der Waals surface area contributed by atoms with Gasteiger partial charge in [-0.3, -0.25) is 10.1 Å². The van der Waals surface area contributed by atoms with Crippen LogP contribution in [0.5, 0.6) is 0 Å². The van der Waals surface area contributed by atoms with Gasteiger partial charge in [0.15, 0.2) is 10.7 Å². The average Bonchev–Trinajstić information content (AvgIpc) is 2.17. The number of hydrogen-bond donors (Lipinski definition) is 1. The first-order valence-corrected chi connectivity index (χ1v) is 3.64. The smallest absolute Gasteiger partial charge is 0.258 e. The first kappa shape index (κ1) is 10.4. The molecule has 0 bridgehead atoms. The number of nitro groups is 2. The monoisotopic (exact) mass is 208 g/mol. The van der Waals surface area contributed by atoms with Crippen molar-refractivity contribution >= 4 is 11.4 Å². The van der Waals surface area contributed by atoms with E-state index in [-0.39, 0.29) is 11.3 Å². The van der Waals surface area contributed by atoms with Crippen LogP contribution < -0.4 is 5.43 Å². The average molecular weight is 208 g/mol. The van der Waals surface area contributed by atoms with Gasteiger partial charge in [-0.25, -0.2) is 10.1 Å². The van der Waals surface area contributed by atoms with E-state index in [1.54, 1.807) is 11.5 Å². The third-order valence-electron chi connectivity index (χ3n) is 1.54. The molecule has 1 aromatic rings. The molecule has 0 heterocycles. The topological polar surface area (TPSA) is 122 Å². The van der Waals surface area contributed by atoms with Crippen molar-refractivity contribution < 1.29 is 9.96 Å². The minimum absolute atomic E-state index is 0.0654. The Labute approximate surface area is 83.0 Å². The highest BCUT2D eigenvalue weighted by Gasteiger charge is 2.17. The Hall–Kier alpha value is -2.69. The summed E-state index contributed by atoms with van der Waals surface area (Å²) in [4.78, 5) is 19.8. The maximum Gasteiger partial charge on any atom is 0.299 e. The van der Waals surface area contributed by atoms with Crippen LogP contribution in [-0.4, -0.2) is 9.96 Å². The Morgan fingerprint density at radius 1 is 1.33 bits per heavy atom. The predicted octanol–water partition coefficient (Wildman–Crippen LogP) is 1.07. The third kappa shape index (κ3) is 2.38. The molecule has 0 aliphatic carbocycles. The van der Waals surface area contributed by atoms with Crippen molar-refractivity contribution in [3.63, 3.8) is 0 Å². The molecule has 15 heavy (non-hydrogen) atoms. The molecular weight excluding hydrogens is 204 g/mol. The molecule has 1 aromatic carbocycles. The van der Waals surface area contributed by atoms with Crippen molar-refractivity contribution in [3.05, 3.63) is 44.0 Å². The fraction of sp³-hybridized carbons (Fsp3) is 0. The Morgan fingerprint density at radius 3 is 2.47 bits per heavy atom. The highest BCUT2D eigenvalue weighted by Crippen LogP contribution is 2.24. The number of hydrazine groups is 1. The number of hydrogen-bond acceptors (Lipinski definition) is 5. The molecule has 0 amide bonds. The molecule has 0 fully saturated rings. The molecule has 0 radical (unpaired) electrons. The molecule has 8 nitrogen and oxygen atoms in total. The van der Waals surface area contributed by atoms with Gasteiger partial charge < -0.3 is 0 Å². The number of benzene rings is 1. The van der Waals surface area contributed by atoms with Gasteiger partial charge in [0, 0.05) is 6.07 Å². The van der Waals surface area contributed by atoms with Gasteiger partial charge in [0.2, 0.25) is 0 Å². The summed E-state index contributed by atoms with van der Waals surface area (Å²) in [7, 11) is 0. The van der Waals surface area contributed by atoms with Gasteiger partial charge in [-0.2, -0.15) is 5.26 Å². The van der Waals surface area contributed by atoms with Gasteiger partial charge in [-0.1, -0.05) is 0 Å². The van der Waals surface area contributed by atoms with E-state index in [1.807, 2.05) is 0 Å². The van der Waals surface area contributed by atoms with E-state index < -0.39 is 15.6 Å². The summed E-state index contributed by atoms with van der Waals surface area (Å²) >= 11 is 0. The lowest BCUT2D eigenvalue weighted by atomic mass is 10.2. The Morgan fingerprint density at radius 2 is 2.00 bits per heavy atom. The zero-order chi connectivity index (χ0) is 11.4. The summed E-state index contributed by atoms with van der Waals surface area (Å²) in [5.74, 6) is 0. The second kappa shape index (κ2) is 4.01. The zero-order valence-corrected chi connectivity index (χ0v) is 7.21. The Balaban J connectivity index is 3.22. The summed E-state index contributed by atoms with van der Waals surface area (Å²) in [5, 5.41) is 28.2. The van der Waals surface area contributed by atoms with E-state index in [4.69, 9.17) is 5.26 Å². The van der Waals surface area contributed by atoms with Crippen molar-refractivity contribution in [2.24, 2.45) is 0 Å². The molecule has 1 rings (SSSR count). The van der Waals surface area contributed by atoms with E-state index in [0.717, 1.165) is 12.1 Å². The van der Waals surface area contributed by atoms with Gasteiger partial charge in [-0.05, 0) is 12.1 Å². The van der Waals surface area contributed by atoms with Crippen LogP contribution in [0.1, 0.15) is 5.56 Å². The molecule has 8 heteroatoms. The number of nitriles is 1. The number of anilines is 1. The molecular formula is C7H4N4O4. The highest BCUT2D eigenvalue weighted by atomic mass is 16.7. The molecule has 0 unspecified atom stereocenters. The third-order valence-corrected chi connectivity index (χ3v) is 1.54. The van der Waals surface area contributed by atoms with Crippen LogP contribution in [0.3, 0.4) is 0 Å². The predicted molar refractivity (Wildman–Crippen MR) is 48.4 cm³/mol. The van der Waals surface area contributed by atoms with E-state index in [0.29, 0.717) is 0 Å². The van der Waals surface area contributed by atoms with Gasteiger partial charge in [-0.15, -0.1) is 5.43 Å².